The van der Waals surface area contributed by atoms with Gasteiger partial charge in [-0.2, -0.15) is 0 Å². The molecule has 10 heteroatoms. The number of halogens is 3. The quantitative estimate of drug-likeness (QED) is 0.860. The molecule has 1 heterocycles. The van der Waals surface area contributed by atoms with E-state index in [1.165, 1.54) is 0 Å². The molecule has 1 saturated carbocycles. The third-order valence-corrected chi connectivity index (χ3v) is 4.68. The highest BCUT2D eigenvalue weighted by atomic mass is 19.2. The first-order chi connectivity index (χ1) is 13.0. The second kappa shape index (κ2) is 6.47. The van der Waals surface area contributed by atoms with Crippen LogP contribution < -0.4 is 10.3 Å². The lowest BCUT2D eigenvalue weighted by Crippen LogP contribution is -2.36. The van der Waals surface area contributed by atoms with Gasteiger partial charge in [0.15, 0.2) is 11.6 Å². The largest absolute Gasteiger partial charge is 0.477 e. The van der Waals surface area contributed by atoms with Crippen LogP contribution in [0, 0.1) is 18.6 Å². The molecule has 1 aromatic carbocycles. The molecule has 2 aromatic rings. The number of aromatic carboxylic acids is 1. The van der Waals surface area contributed by atoms with Crippen LogP contribution in [0.5, 0.6) is 0 Å². The summed E-state index contributed by atoms with van der Waals surface area (Å²) in [5.74, 6) is -6.74. The number of hydrogen-bond donors (Lipinski definition) is 1. The summed E-state index contributed by atoms with van der Waals surface area (Å²) in [5, 5.41) is 8.67. The number of rotatable bonds is 3. The number of aromatic nitrogens is 1. The molecule has 7 nitrogen and oxygen atoms in total. The van der Waals surface area contributed by atoms with Crippen LogP contribution in [0.4, 0.5) is 18.9 Å². The first-order valence-electron chi connectivity index (χ1n) is 8.24. The van der Waals surface area contributed by atoms with E-state index in [2.05, 4.69) is 0 Å². The molecule has 1 fully saturated rings. The minimum absolute atomic E-state index is 0.00602. The van der Waals surface area contributed by atoms with Crippen molar-refractivity contribution in [2.24, 2.45) is 0 Å². The van der Waals surface area contributed by atoms with Gasteiger partial charge in [-0.15, -0.1) is 0 Å². The number of anilines is 1. The fraction of sp³-hybridized carbons (Fsp3) is 0.333. The Morgan fingerprint density at radius 3 is 2.14 bits per heavy atom. The summed E-state index contributed by atoms with van der Waals surface area (Å²) in [4.78, 5) is 48.4. The Morgan fingerprint density at radius 2 is 1.71 bits per heavy atom. The summed E-state index contributed by atoms with van der Waals surface area (Å²) in [5.41, 5.74) is -3.63. The van der Waals surface area contributed by atoms with E-state index in [9.17, 15) is 37.5 Å². The lowest BCUT2D eigenvalue weighted by molar-refractivity contribution is -0.124. The van der Waals surface area contributed by atoms with Gasteiger partial charge < -0.3 is 9.67 Å². The van der Waals surface area contributed by atoms with Crippen molar-refractivity contribution in [3.63, 3.8) is 0 Å². The van der Waals surface area contributed by atoms with Crippen LogP contribution >= 0.6 is 0 Å². The van der Waals surface area contributed by atoms with E-state index < -0.39 is 63.7 Å². The topological polar surface area (TPSA) is 96.7 Å². The van der Waals surface area contributed by atoms with Crippen molar-refractivity contribution in [3.05, 3.63) is 39.2 Å². The minimum Gasteiger partial charge on any atom is -0.477 e. The second-order valence-electron chi connectivity index (χ2n) is 6.60. The van der Waals surface area contributed by atoms with Crippen LogP contribution in [0.15, 0.2) is 11.0 Å². The van der Waals surface area contributed by atoms with Gasteiger partial charge in [-0.3, -0.25) is 14.4 Å². The lowest BCUT2D eigenvalue weighted by Gasteiger charge is -2.23. The molecule has 0 radical (unpaired) electrons. The number of carboxylic acid groups (broad SMARTS) is 1. The van der Waals surface area contributed by atoms with E-state index >= 15 is 0 Å². The molecule has 1 aromatic heterocycles. The highest BCUT2D eigenvalue weighted by Gasteiger charge is 2.41. The molecule has 3 rings (SSSR count). The zero-order valence-corrected chi connectivity index (χ0v) is 15.0. The first kappa shape index (κ1) is 19.6. The standard InChI is InChI=1S/C18H15F3N2O5/c1-6-13(20)14(21)16(23(7(2)24)8(3)25)12-15(6)22(11-4-10(11)19)5-9(17(12)26)18(27)28/h5,10-11H,4H2,1-3H3,(H,27,28)/t10-,11+/m0/s1. The Balaban J connectivity index is 2.62. The maximum Gasteiger partial charge on any atom is 0.341 e. The molecular weight excluding hydrogens is 381 g/mol. The van der Waals surface area contributed by atoms with E-state index in [-0.39, 0.29) is 22.4 Å². The van der Waals surface area contributed by atoms with E-state index in [0.717, 1.165) is 31.5 Å². The van der Waals surface area contributed by atoms with Gasteiger partial charge in [-0.1, -0.05) is 0 Å². The van der Waals surface area contributed by atoms with Crippen molar-refractivity contribution < 1.29 is 32.7 Å². The molecule has 2 amide bonds. The van der Waals surface area contributed by atoms with Gasteiger partial charge in [0.05, 0.1) is 16.9 Å². The summed E-state index contributed by atoms with van der Waals surface area (Å²) < 4.78 is 44.2. The molecular formula is C18H15F3N2O5. The van der Waals surface area contributed by atoms with Crippen LogP contribution in [0.25, 0.3) is 10.9 Å². The van der Waals surface area contributed by atoms with Gasteiger partial charge in [-0.05, 0) is 6.92 Å². The number of carbonyl (C=O) groups excluding carboxylic acids is 2. The van der Waals surface area contributed by atoms with Gasteiger partial charge >= 0.3 is 5.97 Å². The number of pyridine rings is 1. The molecule has 0 aliphatic heterocycles. The number of nitrogens with zero attached hydrogens (tertiary/aromatic N) is 2. The van der Waals surface area contributed by atoms with E-state index in [0.29, 0.717) is 0 Å². The SMILES string of the molecule is CC(=O)N(C(C)=O)c1c(F)c(F)c(C)c2c1c(=O)c(C(=O)O)cn2[C@@H]1C[C@@H]1F. The molecule has 28 heavy (non-hydrogen) atoms. The third-order valence-electron chi connectivity index (χ3n) is 4.68. The van der Waals surface area contributed by atoms with Crippen LogP contribution in [0.1, 0.15) is 42.2 Å². The molecule has 1 aliphatic rings. The zero-order chi connectivity index (χ0) is 21.1. The van der Waals surface area contributed by atoms with Crippen molar-refractivity contribution in [2.45, 2.75) is 39.4 Å². The molecule has 148 valence electrons. The molecule has 1 N–H and O–H groups in total. The number of hydrogen-bond acceptors (Lipinski definition) is 4. The number of carbonyl (C=O) groups is 3. The molecule has 0 spiro atoms. The summed E-state index contributed by atoms with van der Waals surface area (Å²) in [6.07, 6.45) is -0.495. The number of carboxylic acids is 1. The van der Waals surface area contributed by atoms with Crippen LogP contribution in [0.2, 0.25) is 0 Å². The highest BCUT2D eigenvalue weighted by molar-refractivity contribution is 6.18. The van der Waals surface area contributed by atoms with Crippen molar-refractivity contribution in [2.75, 3.05) is 4.90 Å². The Kier molecular flexibility index (Phi) is 4.52. The summed E-state index contributed by atoms with van der Waals surface area (Å²) in [6, 6.07) is -0.874. The minimum atomic E-state index is -1.66. The molecule has 0 unspecified atom stereocenters. The number of alkyl halides is 1. The first-order valence-corrected chi connectivity index (χ1v) is 8.24. The van der Waals surface area contributed by atoms with Gasteiger partial charge in [-0.25, -0.2) is 22.9 Å². The van der Waals surface area contributed by atoms with Crippen molar-refractivity contribution >= 4 is 34.4 Å². The Morgan fingerprint density at radius 1 is 1.18 bits per heavy atom. The number of amides is 2. The van der Waals surface area contributed by atoms with Crippen molar-refractivity contribution in [1.29, 1.82) is 0 Å². The van der Waals surface area contributed by atoms with Gasteiger partial charge in [0.25, 0.3) is 0 Å². The van der Waals surface area contributed by atoms with Gasteiger partial charge in [0.2, 0.25) is 17.2 Å². The number of aryl methyl sites for hydroxylation is 1. The van der Waals surface area contributed by atoms with E-state index in [1.54, 1.807) is 0 Å². The Labute approximate surface area is 156 Å². The van der Waals surface area contributed by atoms with Gasteiger partial charge in [0, 0.05) is 32.0 Å². The fourth-order valence-electron chi connectivity index (χ4n) is 3.32. The normalized spacial score (nSPS) is 18.2. The van der Waals surface area contributed by atoms with Crippen molar-refractivity contribution in [3.8, 4) is 0 Å². The lowest BCUT2D eigenvalue weighted by atomic mass is 10.0. The number of benzene rings is 1. The molecule has 1 aliphatic carbocycles. The monoisotopic (exact) mass is 396 g/mol. The Bertz CT molecular complexity index is 1110. The third kappa shape index (κ3) is 2.76. The maximum absolute atomic E-state index is 14.8. The Hall–Kier alpha value is -3.17. The van der Waals surface area contributed by atoms with E-state index in [4.69, 9.17) is 0 Å². The van der Waals surface area contributed by atoms with Crippen LogP contribution in [-0.4, -0.2) is 33.6 Å². The summed E-state index contributed by atoms with van der Waals surface area (Å²) in [6.45, 7) is 2.95. The second-order valence-corrected chi connectivity index (χ2v) is 6.60. The summed E-state index contributed by atoms with van der Waals surface area (Å²) in [7, 11) is 0. The number of imide groups is 1. The average Bonchev–Trinajstić information content (AvgIpc) is 3.31. The molecule has 0 saturated heterocycles. The van der Waals surface area contributed by atoms with Crippen molar-refractivity contribution in [1.82, 2.24) is 4.57 Å². The maximum atomic E-state index is 14.8. The predicted octanol–water partition coefficient (Wildman–Crippen LogP) is 2.47. The number of fused-ring (bicyclic) bond motifs is 1. The predicted molar refractivity (Wildman–Crippen MR) is 92.2 cm³/mol. The molecule has 0 bridgehead atoms. The zero-order valence-electron chi connectivity index (χ0n) is 15.0. The fourth-order valence-corrected chi connectivity index (χ4v) is 3.32. The highest BCUT2D eigenvalue weighted by Crippen LogP contribution is 2.43. The average molecular weight is 396 g/mol. The smallest absolute Gasteiger partial charge is 0.341 e. The molecule has 2 atom stereocenters. The van der Waals surface area contributed by atoms with Crippen LogP contribution in [0.3, 0.4) is 0 Å². The summed E-state index contributed by atoms with van der Waals surface area (Å²) >= 11 is 0. The van der Waals surface area contributed by atoms with E-state index in [1.807, 2.05) is 0 Å². The van der Waals surface area contributed by atoms with Crippen LogP contribution in [-0.2, 0) is 9.59 Å². The van der Waals surface area contributed by atoms with Gasteiger partial charge in [0.1, 0.15) is 17.4 Å².